The van der Waals surface area contributed by atoms with Crippen LogP contribution in [0.3, 0.4) is 0 Å². The SMILES string of the molecule is O=c1cc(CCl)oc(CN2CCN(Cc3ccc(Cl)c(Cl)c3)CC2)c1O. The van der Waals surface area contributed by atoms with Crippen molar-refractivity contribution in [3.8, 4) is 5.75 Å². The van der Waals surface area contributed by atoms with E-state index in [1.165, 1.54) is 6.07 Å². The topological polar surface area (TPSA) is 56.9 Å². The molecule has 0 bridgehead atoms. The van der Waals surface area contributed by atoms with Gasteiger partial charge in [-0.05, 0) is 17.7 Å². The highest BCUT2D eigenvalue weighted by Gasteiger charge is 2.20. The number of halogens is 3. The Kier molecular flexibility index (Phi) is 6.48. The Bertz CT molecular complexity index is 833. The van der Waals surface area contributed by atoms with Gasteiger partial charge in [-0.3, -0.25) is 14.6 Å². The molecule has 2 aromatic rings. The molecule has 1 aromatic heterocycles. The minimum Gasteiger partial charge on any atom is -0.502 e. The summed E-state index contributed by atoms with van der Waals surface area (Å²) in [7, 11) is 0. The Morgan fingerprint density at radius 2 is 1.65 bits per heavy atom. The largest absolute Gasteiger partial charge is 0.502 e. The van der Waals surface area contributed by atoms with Crippen molar-refractivity contribution >= 4 is 34.8 Å². The Balaban J connectivity index is 1.58. The third kappa shape index (κ3) is 4.72. The molecule has 8 heteroatoms. The lowest BCUT2D eigenvalue weighted by molar-refractivity contribution is 0.113. The maximum atomic E-state index is 11.8. The zero-order chi connectivity index (χ0) is 18.7. The van der Waals surface area contributed by atoms with Gasteiger partial charge in [-0.1, -0.05) is 29.3 Å². The number of nitrogens with zero attached hydrogens (tertiary/aromatic N) is 2. The highest BCUT2D eigenvalue weighted by Crippen LogP contribution is 2.24. The molecule has 0 unspecified atom stereocenters. The second-order valence-corrected chi connectivity index (χ2v) is 7.36. The van der Waals surface area contributed by atoms with Gasteiger partial charge in [-0.15, -0.1) is 11.6 Å². The van der Waals surface area contributed by atoms with E-state index in [2.05, 4.69) is 9.80 Å². The van der Waals surface area contributed by atoms with E-state index in [0.29, 0.717) is 22.4 Å². The van der Waals surface area contributed by atoms with E-state index in [1.54, 1.807) is 0 Å². The van der Waals surface area contributed by atoms with Crippen molar-refractivity contribution < 1.29 is 9.52 Å². The molecule has 1 fully saturated rings. The average Bonchev–Trinajstić information content (AvgIpc) is 2.63. The molecule has 1 aliphatic rings. The molecule has 26 heavy (non-hydrogen) atoms. The predicted molar refractivity (Wildman–Crippen MR) is 103 cm³/mol. The summed E-state index contributed by atoms with van der Waals surface area (Å²) in [5, 5.41) is 11.1. The van der Waals surface area contributed by atoms with Gasteiger partial charge in [0.1, 0.15) is 5.76 Å². The molecule has 0 aliphatic carbocycles. The van der Waals surface area contributed by atoms with E-state index in [0.717, 1.165) is 38.3 Å². The van der Waals surface area contributed by atoms with Crippen LogP contribution in [0.4, 0.5) is 0 Å². The molecule has 0 saturated carbocycles. The molecule has 0 spiro atoms. The summed E-state index contributed by atoms with van der Waals surface area (Å²) in [5.74, 6) is 0.394. The lowest BCUT2D eigenvalue weighted by Crippen LogP contribution is -2.45. The molecule has 1 N–H and O–H groups in total. The summed E-state index contributed by atoms with van der Waals surface area (Å²) >= 11 is 17.8. The summed E-state index contributed by atoms with van der Waals surface area (Å²) in [6.07, 6.45) is 0. The lowest BCUT2D eigenvalue weighted by atomic mass is 10.2. The van der Waals surface area contributed by atoms with Crippen LogP contribution in [0.1, 0.15) is 17.1 Å². The molecule has 140 valence electrons. The van der Waals surface area contributed by atoms with Gasteiger partial charge in [0, 0.05) is 38.8 Å². The van der Waals surface area contributed by atoms with Crippen LogP contribution < -0.4 is 5.43 Å². The summed E-state index contributed by atoms with van der Waals surface area (Å²) in [6, 6.07) is 6.90. The Labute approximate surface area is 166 Å². The highest BCUT2D eigenvalue weighted by atomic mass is 35.5. The molecular weight excluding hydrogens is 399 g/mol. The van der Waals surface area contributed by atoms with Gasteiger partial charge in [0.05, 0.1) is 22.5 Å². The van der Waals surface area contributed by atoms with Crippen molar-refractivity contribution in [3.63, 3.8) is 0 Å². The Morgan fingerprint density at radius 1 is 1.00 bits per heavy atom. The molecule has 3 rings (SSSR count). The first kappa shape index (κ1) is 19.5. The average molecular weight is 418 g/mol. The molecule has 1 aromatic carbocycles. The van der Waals surface area contributed by atoms with Crippen LogP contribution in [0.25, 0.3) is 0 Å². The third-order valence-corrected chi connectivity index (χ3v) is 5.40. The fraction of sp³-hybridized carbons (Fsp3) is 0.389. The highest BCUT2D eigenvalue weighted by molar-refractivity contribution is 6.42. The van der Waals surface area contributed by atoms with Crippen LogP contribution in [0.15, 0.2) is 33.5 Å². The van der Waals surface area contributed by atoms with Gasteiger partial charge in [-0.25, -0.2) is 0 Å². The summed E-state index contributed by atoms with van der Waals surface area (Å²) in [6.45, 7) is 4.51. The van der Waals surface area contributed by atoms with Gasteiger partial charge in [-0.2, -0.15) is 0 Å². The number of piperazine rings is 1. The number of rotatable bonds is 5. The summed E-state index contributed by atoms with van der Waals surface area (Å²) in [5.41, 5.74) is 0.659. The number of alkyl halides is 1. The van der Waals surface area contributed by atoms with Crippen molar-refractivity contribution in [2.24, 2.45) is 0 Å². The van der Waals surface area contributed by atoms with Crippen LogP contribution in [-0.2, 0) is 19.0 Å². The maximum absolute atomic E-state index is 11.8. The van der Waals surface area contributed by atoms with Gasteiger partial charge < -0.3 is 9.52 Å². The fourth-order valence-electron chi connectivity index (χ4n) is 2.97. The molecule has 0 atom stereocenters. The molecular formula is C18H19Cl3N2O3. The molecule has 1 saturated heterocycles. The van der Waals surface area contributed by atoms with Crippen molar-refractivity contribution in [2.45, 2.75) is 19.0 Å². The predicted octanol–water partition coefficient (Wildman–Crippen LogP) is 3.71. The number of hydrogen-bond donors (Lipinski definition) is 1. The zero-order valence-corrected chi connectivity index (χ0v) is 16.3. The van der Waals surface area contributed by atoms with E-state index in [9.17, 15) is 9.90 Å². The van der Waals surface area contributed by atoms with Gasteiger partial charge in [0.15, 0.2) is 5.76 Å². The standard InChI is InChI=1S/C18H19Cl3N2O3/c19-9-13-8-16(24)18(25)17(26-13)11-23-5-3-22(4-6-23)10-12-1-2-14(20)15(21)7-12/h1-2,7-8,25H,3-6,9-11H2. The van der Waals surface area contributed by atoms with Crippen molar-refractivity contribution in [3.05, 3.63) is 61.6 Å². The maximum Gasteiger partial charge on any atom is 0.227 e. The first-order valence-electron chi connectivity index (χ1n) is 8.25. The van der Waals surface area contributed by atoms with Crippen LogP contribution in [-0.4, -0.2) is 41.1 Å². The Hall–Kier alpha value is -1.24. The van der Waals surface area contributed by atoms with Gasteiger partial charge in [0.25, 0.3) is 0 Å². The fourth-order valence-corrected chi connectivity index (χ4v) is 3.42. The van der Waals surface area contributed by atoms with Gasteiger partial charge in [0.2, 0.25) is 11.2 Å². The van der Waals surface area contributed by atoms with E-state index >= 15 is 0 Å². The second-order valence-electron chi connectivity index (χ2n) is 6.28. The van der Waals surface area contributed by atoms with E-state index < -0.39 is 5.43 Å². The first-order valence-corrected chi connectivity index (χ1v) is 9.55. The lowest BCUT2D eigenvalue weighted by Gasteiger charge is -2.34. The van der Waals surface area contributed by atoms with Gasteiger partial charge >= 0.3 is 0 Å². The normalized spacial score (nSPS) is 16.1. The number of hydrogen-bond acceptors (Lipinski definition) is 5. The number of aromatic hydroxyl groups is 1. The molecule has 5 nitrogen and oxygen atoms in total. The monoisotopic (exact) mass is 416 g/mol. The molecule has 0 amide bonds. The minimum absolute atomic E-state index is 0.0972. The van der Waals surface area contributed by atoms with Crippen LogP contribution >= 0.6 is 34.8 Å². The van der Waals surface area contributed by atoms with Crippen LogP contribution in [0.5, 0.6) is 5.75 Å². The van der Waals surface area contributed by atoms with Crippen molar-refractivity contribution in [2.75, 3.05) is 26.2 Å². The smallest absolute Gasteiger partial charge is 0.227 e. The van der Waals surface area contributed by atoms with Crippen LogP contribution in [0.2, 0.25) is 10.0 Å². The quantitative estimate of drug-likeness (QED) is 0.752. The second kappa shape index (κ2) is 8.63. The van der Waals surface area contributed by atoms with E-state index in [4.69, 9.17) is 39.2 Å². The van der Waals surface area contributed by atoms with Crippen molar-refractivity contribution in [1.29, 1.82) is 0 Å². The zero-order valence-electron chi connectivity index (χ0n) is 14.1. The van der Waals surface area contributed by atoms with Crippen molar-refractivity contribution in [1.82, 2.24) is 9.80 Å². The van der Waals surface area contributed by atoms with Crippen LogP contribution in [0, 0.1) is 0 Å². The number of benzene rings is 1. The Morgan fingerprint density at radius 3 is 2.27 bits per heavy atom. The summed E-state index contributed by atoms with van der Waals surface area (Å²) in [4.78, 5) is 16.2. The molecule has 0 radical (unpaired) electrons. The molecule has 1 aliphatic heterocycles. The van der Waals surface area contributed by atoms with E-state index in [1.807, 2.05) is 18.2 Å². The van der Waals surface area contributed by atoms with E-state index in [-0.39, 0.29) is 17.4 Å². The summed E-state index contributed by atoms with van der Waals surface area (Å²) < 4.78 is 5.52. The first-order chi connectivity index (χ1) is 12.5. The minimum atomic E-state index is -0.458. The molecule has 2 heterocycles. The third-order valence-electron chi connectivity index (χ3n) is 4.40.